The van der Waals surface area contributed by atoms with E-state index in [0.29, 0.717) is 44.1 Å². The number of carboxylic acid groups (broad SMARTS) is 1. The first-order valence-corrected chi connectivity index (χ1v) is 19.2. The Morgan fingerprint density at radius 1 is 1.00 bits per heavy atom. The number of nitrogens with zero attached hydrogens (tertiary/aromatic N) is 3. The fourth-order valence-corrected chi connectivity index (χ4v) is 7.60. The van der Waals surface area contributed by atoms with Crippen LogP contribution in [0.3, 0.4) is 0 Å². The van der Waals surface area contributed by atoms with Gasteiger partial charge in [0.05, 0.1) is 19.1 Å². The van der Waals surface area contributed by atoms with E-state index in [9.17, 15) is 34.5 Å². The number of allylic oxidation sites excluding steroid dienone is 2. The number of carbonyl (C=O) groups is 4. The molecule has 0 bridgehead atoms. The molecular formula is C39H61N3O10. The summed E-state index contributed by atoms with van der Waals surface area (Å²) < 4.78 is 17.2. The highest BCUT2D eigenvalue weighted by Crippen LogP contribution is 2.28. The second kappa shape index (κ2) is 19.6. The summed E-state index contributed by atoms with van der Waals surface area (Å²) in [5.74, 6) is -2.17. The minimum atomic E-state index is -1.50. The van der Waals surface area contributed by atoms with Gasteiger partial charge in [-0.2, -0.15) is 0 Å². The predicted octanol–water partition coefficient (Wildman–Crippen LogP) is 5.06. The second-order valence-corrected chi connectivity index (χ2v) is 15.4. The van der Waals surface area contributed by atoms with Crippen molar-refractivity contribution in [2.75, 3.05) is 39.3 Å². The lowest BCUT2D eigenvalue weighted by Gasteiger charge is -2.40. The van der Waals surface area contributed by atoms with Gasteiger partial charge in [0.1, 0.15) is 17.7 Å². The van der Waals surface area contributed by atoms with Crippen LogP contribution in [0.25, 0.3) is 0 Å². The maximum absolute atomic E-state index is 13.4. The third-order valence-corrected chi connectivity index (χ3v) is 11.0. The van der Waals surface area contributed by atoms with Crippen LogP contribution in [-0.4, -0.2) is 129 Å². The van der Waals surface area contributed by atoms with Crippen molar-refractivity contribution >= 4 is 24.1 Å². The molecule has 0 unspecified atom stereocenters. The van der Waals surface area contributed by atoms with Crippen molar-refractivity contribution in [1.82, 2.24) is 14.7 Å². The number of rotatable bonds is 8. The first-order chi connectivity index (χ1) is 24.7. The van der Waals surface area contributed by atoms with E-state index in [0.717, 1.165) is 13.1 Å². The average molecular weight is 732 g/mol. The lowest BCUT2D eigenvalue weighted by molar-refractivity contribution is -0.151. The van der Waals surface area contributed by atoms with E-state index in [1.165, 1.54) is 43.4 Å². The number of aliphatic carboxylic acids is 1. The van der Waals surface area contributed by atoms with E-state index >= 15 is 0 Å². The molecule has 7 atom stereocenters. The smallest absolute Gasteiger partial charge is 0.410 e. The quantitative estimate of drug-likeness (QED) is 0.101. The topological polar surface area (TPSA) is 166 Å². The molecule has 3 fully saturated rings. The van der Waals surface area contributed by atoms with Gasteiger partial charge in [0.15, 0.2) is 6.10 Å². The monoisotopic (exact) mass is 731 g/mol. The van der Waals surface area contributed by atoms with Crippen LogP contribution in [0.2, 0.25) is 0 Å². The van der Waals surface area contributed by atoms with Gasteiger partial charge in [-0.1, -0.05) is 63.8 Å². The molecule has 0 aromatic rings. The number of amides is 2. The molecule has 2 amide bonds. The van der Waals surface area contributed by atoms with Crippen LogP contribution < -0.4 is 0 Å². The third kappa shape index (κ3) is 12.1. The van der Waals surface area contributed by atoms with E-state index in [1.807, 2.05) is 26.8 Å². The molecule has 2 saturated heterocycles. The van der Waals surface area contributed by atoms with Crippen molar-refractivity contribution in [3.63, 3.8) is 0 Å². The molecule has 1 aliphatic carbocycles. The van der Waals surface area contributed by atoms with Gasteiger partial charge in [0.2, 0.25) is 0 Å². The molecule has 13 heteroatoms. The van der Waals surface area contributed by atoms with E-state index in [2.05, 4.69) is 4.90 Å². The SMILES string of the molecule is C/C(=C\C=C\[C@@H](C)COC(=O)N1CCC[C@@H]1C(=O)O)[C@H]1OC(=O)C[C@@H](O)CC[C@](C)(O)[C@@H](OC(=O)N2CCN(C3CCCCCC3)CC2)/C=C\[C@@H]1C. The Balaban J connectivity index is 1.39. The van der Waals surface area contributed by atoms with Crippen molar-refractivity contribution in [2.45, 2.75) is 134 Å². The summed E-state index contributed by atoms with van der Waals surface area (Å²) in [7, 11) is 0. The van der Waals surface area contributed by atoms with E-state index < -0.39 is 54.1 Å². The van der Waals surface area contributed by atoms with Crippen LogP contribution in [0.15, 0.2) is 36.0 Å². The van der Waals surface area contributed by atoms with Crippen LogP contribution in [-0.2, 0) is 23.8 Å². The highest BCUT2D eigenvalue weighted by Gasteiger charge is 2.38. The number of esters is 1. The number of aliphatic hydroxyl groups excluding tert-OH is 1. The van der Waals surface area contributed by atoms with Crippen molar-refractivity contribution in [3.8, 4) is 0 Å². The van der Waals surface area contributed by atoms with Crippen LogP contribution in [0.4, 0.5) is 9.59 Å². The van der Waals surface area contributed by atoms with Crippen molar-refractivity contribution in [2.24, 2.45) is 11.8 Å². The number of hydrogen-bond donors (Lipinski definition) is 3. The van der Waals surface area contributed by atoms with Gasteiger partial charge in [-0.05, 0) is 64.0 Å². The van der Waals surface area contributed by atoms with Crippen LogP contribution in [0, 0.1) is 11.8 Å². The Kier molecular flexibility index (Phi) is 15.6. The standard InChI is InChI=1S/C39H61N3O10/c1-27(26-50-38(48)42-20-10-15-32(42)36(45)46)11-9-12-28(2)35-29(3)16-17-33(39(4,49)19-18-31(43)25-34(44)52-35)51-37(47)41-23-21-40(22-24-41)30-13-7-5-6-8-14-30/h9,11-12,16-17,27,29-33,35,43,49H,5-8,10,13-15,18-26H2,1-4H3,(H,45,46)/b11-9+,17-16-,28-12+/t27-,29+,31+,32-,33+,35-,39+/m1/s1. The van der Waals surface area contributed by atoms with Crippen LogP contribution in [0.1, 0.15) is 98.3 Å². The van der Waals surface area contributed by atoms with Crippen molar-refractivity contribution in [1.29, 1.82) is 0 Å². The molecule has 0 radical (unpaired) electrons. The highest BCUT2D eigenvalue weighted by molar-refractivity contribution is 5.80. The number of piperazine rings is 1. The number of carbonyl (C=O) groups excluding carboxylic acids is 3. The third-order valence-electron chi connectivity index (χ3n) is 11.0. The lowest BCUT2D eigenvalue weighted by atomic mass is 9.89. The molecule has 292 valence electrons. The Morgan fingerprint density at radius 2 is 1.69 bits per heavy atom. The van der Waals surface area contributed by atoms with Gasteiger partial charge < -0.3 is 34.4 Å². The summed E-state index contributed by atoms with van der Waals surface area (Å²) in [6.07, 6.45) is 13.5. The summed E-state index contributed by atoms with van der Waals surface area (Å²) >= 11 is 0. The number of aliphatic hydroxyl groups is 2. The zero-order chi connectivity index (χ0) is 37.8. The summed E-state index contributed by atoms with van der Waals surface area (Å²) in [4.78, 5) is 55.7. The first-order valence-electron chi connectivity index (χ1n) is 19.2. The lowest BCUT2D eigenvalue weighted by Crippen LogP contribution is -2.53. The van der Waals surface area contributed by atoms with Gasteiger partial charge in [-0.15, -0.1) is 0 Å². The maximum Gasteiger partial charge on any atom is 0.410 e. The van der Waals surface area contributed by atoms with Gasteiger partial charge in [-0.25, -0.2) is 14.4 Å². The van der Waals surface area contributed by atoms with Gasteiger partial charge in [0, 0.05) is 50.6 Å². The fourth-order valence-electron chi connectivity index (χ4n) is 7.60. The predicted molar refractivity (Wildman–Crippen MR) is 194 cm³/mol. The Hall–Kier alpha value is -3.42. The van der Waals surface area contributed by atoms with Crippen molar-refractivity contribution in [3.05, 3.63) is 36.0 Å². The largest absolute Gasteiger partial charge is 0.480 e. The molecule has 1 saturated carbocycles. The summed E-state index contributed by atoms with van der Waals surface area (Å²) in [6.45, 7) is 10.3. The molecule has 3 aliphatic heterocycles. The number of ether oxygens (including phenoxy) is 3. The molecule has 13 nitrogen and oxygen atoms in total. The van der Waals surface area contributed by atoms with Gasteiger partial charge >= 0.3 is 24.1 Å². The van der Waals surface area contributed by atoms with Crippen LogP contribution in [0.5, 0.6) is 0 Å². The van der Waals surface area contributed by atoms with Gasteiger partial charge in [0.25, 0.3) is 0 Å². The molecule has 0 aromatic carbocycles. The minimum absolute atomic E-state index is 0.0662. The van der Waals surface area contributed by atoms with E-state index in [4.69, 9.17) is 14.2 Å². The van der Waals surface area contributed by atoms with E-state index in [-0.39, 0.29) is 37.7 Å². The molecule has 0 spiro atoms. The number of hydrogen-bond acceptors (Lipinski definition) is 10. The Morgan fingerprint density at radius 3 is 2.37 bits per heavy atom. The zero-order valence-electron chi connectivity index (χ0n) is 31.5. The molecule has 3 heterocycles. The van der Waals surface area contributed by atoms with Crippen LogP contribution >= 0.6 is 0 Å². The maximum atomic E-state index is 13.4. The normalized spacial score (nSPS) is 31.9. The minimum Gasteiger partial charge on any atom is -0.480 e. The molecule has 3 N–H and O–H groups in total. The molecule has 4 rings (SSSR count). The first kappa shape index (κ1) is 41.3. The summed E-state index contributed by atoms with van der Waals surface area (Å²) in [5.41, 5.74) is -0.782. The number of likely N-dealkylation sites (tertiary alicyclic amines) is 1. The summed E-state index contributed by atoms with van der Waals surface area (Å²) in [5, 5.41) is 31.5. The molecular weight excluding hydrogens is 670 g/mol. The summed E-state index contributed by atoms with van der Waals surface area (Å²) in [6, 6.07) is -0.290. The zero-order valence-corrected chi connectivity index (χ0v) is 31.5. The highest BCUT2D eigenvalue weighted by atomic mass is 16.6. The molecule has 52 heavy (non-hydrogen) atoms. The second-order valence-electron chi connectivity index (χ2n) is 15.4. The molecule has 4 aliphatic rings. The van der Waals surface area contributed by atoms with Gasteiger partial charge in [-0.3, -0.25) is 14.6 Å². The number of cyclic esters (lactones) is 1. The van der Waals surface area contributed by atoms with E-state index in [1.54, 1.807) is 36.1 Å². The number of carboxylic acids is 1. The fraction of sp³-hybridized carbons (Fsp3) is 0.744. The molecule has 0 aromatic heterocycles. The average Bonchev–Trinajstić information content (AvgIpc) is 3.46. The van der Waals surface area contributed by atoms with Crippen molar-refractivity contribution < 1.29 is 48.7 Å². The Labute approximate surface area is 308 Å². The Bertz CT molecular complexity index is 1300.